The first-order chi connectivity index (χ1) is 14.8. The van der Waals surface area contributed by atoms with Crippen LogP contribution in [0.4, 0.5) is 17.1 Å². The Bertz CT molecular complexity index is 1320. The van der Waals surface area contributed by atoms with Gasteiger partial charge in [0.05, 0.1) is 15.5 Å². The molecule has 0 spiro atoms. The van der Waals surface area contributed by atoms with Gasteiger partial charge in [-0.25, -0.2) is 8.42 Å². The number of amides is 1. The molecule has 0 unspecified atom stereocenters. The van der Waals surface area contributed by atoms with E-state index in [1.807, 2.05) is 0 Å². The lowest BCUT2D eigenvalue weighted by Gasteiger charge is -2.17. The number of carbonyl (C=O) groups excluding carboxylic acids is 2. The van der Waals surface area contributed by atoms with Crippen molar-refractivity contribution in [2.45, 2.75) is 4.90 Å². The summed E-state index contributed by atoms with van der Waals surface area (Å²) in [5.41, 5.74) is 0.531. The van der Waals surface area contributed by atoms with Gasteiger partial charge in [-0.3, -0.25) is 24.0 Å². The van der Waals surface area contributed by atoms with Crippen LogP contribution in [0, 0.1) is 10.1 Å². The molecule has 10 nitrogen and oxygen atoms in total. The third kappa shape index (κ3) is 3.78. The second-order valence-corrected chi connectivity index (χ2v) is 8.49. The summed E-state index contributed by atoms with van der Waals surface area (Å²) in [4.78, 5) is 34.4. The van der Waals surface area contributed by atoms with Crippen LogP contribution in [0.1, 0.15) is 0 Å². The highest BCUT2D eigenvalue weighted by Gasteiger charge is 2.37. The number of esters is 1. The summed E-state index contributed by atoms with van der Waals surface area (Å²) in [7, 11) is -3.91. The Morgan fingerprint density at radius 3 is 2.39 bits per heavy atom. The lowest BCUT2D eigenvalue weighted by molar-refractivity contribution is -0.384. The molecule has 3 aromatic rings. The van der Waals surface area contributed by atoms with Crippen LogP contribution in [-0.4, -0.2) is 38.4 Å². The fourth-order valence-corrected chi connectivity index (χ4v) is 4.96. The van der Waals surface area contributed by atoms with Crippen molar-refractivity contribution in [2.75, 3.05) is 22.8 Å². The molecule has 0 atom stereocenters. The number of hydrogen-bond donors (Lipinski definition) is 1. The van der Waals surface area contributed by atoms with E-state index in [1.54, 1.807) is 30.3 Å². The number of sulfonamides is 1. The molecule has 11 heteroatoms. The minimum atomic E-state index is -3.91. The molecule has 158 valence electrons. The van der Waals surface area contributed by atoms with Crippen LogP contribution in [0.3, 0.4) is 0 Å². The number of ether oxygens (including phenoxy) is 1. The predicted molar refractivity (Wildman–Crippen MR) is 111 cm³/mol. The van der Waals surface area contributed by atoms with Gasteiger partial charge in [0.15, 0.2) is 6.61 Å². The van der Waals surface area contributed by atoms with Crippen molar-refractivity contribution < 1.29 is 27.7 Å². The van der Waals surface area contributed by atoms with E-state index in [1.165, 1.54) is 30.3 Å². The number of benzene rings is 3. The molecule has 0 aromatic heterocycles. The molecule has 0 aliphatic carbocycles. The summed E-state index contributed by atoms with van der Waals surface area (Å²) < 4.78 is 31.6. The monoisotopic (exact) mass is 441 g/mol. The van der Waals surface area contributed by atoms with Gasteiger partial charge in [-0.15, -0.1) is 0 Å². The molecule has 0 saturated heterocycles. The zero-order chi connectivity index (χ0) is 22.2. The molecule has 1 heterocycles. The average Bonchev–Trinajstić information content (AvgIpc) is 2.96. The number of carbonyl (C=O) groups is 2. The highest BCUT2D eigenvalue weighted by atomic mass is 32.2. The summed E-state index contributed by atoms with van der Waals surface area (Å²) in [5.74, 6) is -1.57. The standard InChI is InChI=1S/C20H15N3O7S/c24-18(21-14-7-9-15(10-8-14)23(26)27)12-30-19(25)11-22-16-5-1-3-13-4-2-6-17(20(13)16)31(22,28)29/h1-10H,11-12H2,(H,21,24). The Morgan fingerprint density at radius 1 is 1.03 bits per heavy atom. The van der Waals surface area contributed by atoms with Crippen molar-refractivity contribution in [1.82, 2.24) is 0 Å². The molecule has 0 radical (unpaired) electrons. The lowest BCUT2D eigenvalue weighted by atomic mass is 10.1. The van der Waals surface area contributed by atoms with Crippen molar-refractivity contribution in [2.24, 2.45) is 0 Å². The maximum absolute atomic E-state index is 12.8. The summed E-state index contributed by atoms with van der Waals surface area (Å²) >= 11 is 0. The minimum absolute atomic E-state index is 0.115. The summed E-state index contributed by atoms with van der Waals surface area (Å²) in [5, 5.41) is 14.3. The largest absolute Gasteiger partial charge is 0.454 e. The van der Waals surface area contributed by atoms with Crippen molar-refractivity contribution in [1.29, 1.82) is 0 Å². The van der Waals surface area contributed by atoms with E-state index in [0.29, 0.717) is 11.1 Å². The molecule has 1 N–H and O–H groups in total. The van der Waals surface area contributed by atoms with Crippen LogP contribution in [0.25, 0.3) is 10.8 Å². The van der Waals surface area contributed by atoms with Crippen LogP contribution in [0.15, 0.2) is 65.6 Å². The third-order valence-electron chi connectivity index (χ3n) is 4.68. The molecule has 1 amide bonds. The zero-order valence-corrected chi connectivity index (χ0v) is 16.7. The number of nitro benzene ring substituents is 1. The summed E-state index contributed by atoms with van der Waals surface area (Å²) in [6, 6.07) is 15.1. The number of nitro groups is 1. The lowest BCUT2D eigenvalue weighted by Crippen LogP contribution is -2.34. The van der Waals surface area contributed by atoms with Gasteiger partial charge < -0.3 is 10.1 Å². The number of non-ortho nitro benzene ring substituents is 1. The molecular weight excluding hydrogens is 426 g/mol. The second-order valence-electron chi connectivity index (χ2n) is 6.66. The number of hydrogen-bond acceptors (Lipinski definition) is 7. The van der Waals surface area contributed by atoms with Crippen LogP contribution in [0.5, 0.6) is 0 Å². The average molecular weight is 441 g/mol. The van der Waals surface area contributed by atoms with Crippen molar-refractivity contribution in [3.8, 4) is 0 Å². The predicted octanol–water partition coefficient (Wildman–Crippen LogP) is 2.44. The fourth-order valence-electron chi connectivity index (χ4n) is 3.30. The van der Waals surface area contributed by atoms with Crippen molar-refractivity contribution in [3.63, 3.8) is 0 Å². The molecule has 0 fully saturated rings. The van der Waals surface area contributed by atoms with E-state index in [0.717, 1.165) is 9.69 Å². The molecule has 1 aliphatic heterocycles. The van der Waals surface area contributed by atoms with Gasteiger partial charge in [0.2, 0.25) is 0 Å². The number of nitrogens with one attached hydrogen (secondary N) is 1. The van der Waals surface area contributed by atoms with Crippen LogP contribution in [0.2, 0.25) is 0 Å². The van der Waals surface area contributed by atoms with Gasteiger partial charge in [-0.2, -0.15) is 0 Å². The van der Waals surface area contributed by atoms with E-state index in [9.17, 15) is 28.1 Å². The quantitative estimate of drug-likeness (QED) is 0.352. The van der Waals surface area contributed by atoms with Gasteiger partial charge in [0, 0.05) is 23.2 Å². The van der Waals surface area contributed by atoms with Gasteiger partial charge in [0.1, 0.15) is 6.54 Å². The summed E-state index contributed by atoms with van der Waals surface area (Å²) in [6.45, 7) is -1.22. The Hall–Kier alpha value is -3.99. The molecule has 1 aliphatic rings. The Kier molecular flexibility index (Phi) is 5.03. The maximum atomic E-state index is 12.8. The molecular formula is C20H15N3O7S. The van der Waals surface area contributed by atoms with E-state index in [4.69, 9.17) is 4.74 Å². The van der Waals surface area contributed by atoms with E-state index < -0.39 is 40.0 Å². The Labute approximate surface area is 176 Å². The first kappa shape index (κ1) is 20.3. The third-order valence-corrected chi connectivity index (χ3v) is 6.48. The second kappa shape index (κ2) is 7.69. The van der Waals surface area contributed by atoms with Crippen LogP contribution in [-0.2, 0) is 24.3 Å². The van der Waals surface area contributed by atoms with Gasteiger partial charge in [-0.1, -0.05) is 24.3 Å². The van der Waals surface area contributed by atoms with Crippen molar-refractivity contribution >= 4 is 49.7 Å². The minimum Gasteiger partial charge on any atom is -0.454 e. The molecule has 0 bridgehead atoms. The smallest absolute Gasteiger partial charge is 0.327 e. The normalized spacial score (nSPS) is 13.7. The Morgan fingerprint density at radius 2 is 1.71 bits per heavy atom. The SMILES string of the molecule is O=C(COC(=O)CN1c2cccc3cccc(c23)S1(=O)=O)Nc1ccc([N+](=O)[O-])cc1. The van der Waals surface area contributed by atoms with E-state index in [-0.39, 0.29) is 16.3 Å². The number of anilines is 2. The maximum Gasteiger partial charge on any atom is 0.327 e. The fraction of sp³-hybridized carbons (Fsp3) is 0.100. The molecule has 0 saturated carbocycles. The summed E-state index contributed by atoms with van der Waals surface area (Å²) in [6.07, 6.45) is 0. The van der Waals surface area contributed by atoms with Gasteiger partial charge >= 0.3 is 5.97 Å². The first-order valence-corrected chi connectivity index (χ1v) is 10.5. The van der Waals surface area contributed by atoms with Crippen LogP contribution < -0.4 is 9.62 Å². The first-order valence-electron chi connectivity index (χ1n) is 9.02. The Balaban J connectivity index is 1.40. The highest BCUT2D eigenvalue weighted by Crippen LogP contribution is 2.41. The zero-order valence-electron chi connectivity index (χ0n) is 15.8. The van der Waals surface area contributed by atoms with Crippen LogP contribution >= 0.6 is 0 Å². The highest BCUT2D eigenvalue weighted by molar-refractivity contribution is 7.93. The van der Waals surface area contributed by atoms with Gasteiger partial charge in [-0.05, 0) is 29.7 Å². The van der Waals surface area contributed by atoms with Gasteiger partial charge in [0.25, 0.3) is 21.6 Å². The number of nitrogens with zero attached hydrogens (tertiary/aromatic N) is 2. The molecule has 3 aromatic carbocycles. The molecule has 4 rings (SSSR count). The van der Waals surface area contributed by atoms with E-state index in [2.05, 4.69) is 5.32 Å². The molecule has 31 heavy (non-hydrogen) atoms. The number of rotatable bonds is 6. The topological polar surface area (TPSA) is 136 Å². The van der Waals surface area contributed by atoms with E-state index >= 15 is 0 Å². The van der Waals surface area contributed by atoms with Crippen molar-refractivity contribution in [3.05, 3.63) is 70.8 Å².